The SMILES string of the molecule is CCNC(=O)NC(=O)C(C)Oc1ccc(N)c(F)c1. The largest absolute Gasteiger partial charge is 0.481 e. The summed E-state index contributed by atoms with van der Waals surface area (Å²) in [6.07, 6.45) is -0.939. The number of nitrogens with one attached hydrogen (secondary N) is 2. The average Bonchev–Trinajstić information content (AvgIpc) is 2.34. The maximum Gasteiger partial charge on any atom is 0.321 e. The standard InChI is InChI=1S/C12H16FN3O3/c1-3-15-12(18)16-11(17)7(2)19-8-4-5-10(14)9(13)6-8/h4-7H,3,14H2,1-2H3,(H2,15,16,17,18). The molecule has 0 radical (unpaired) electrons. The van der Waals surface area contributed by atoms with Crippen molar-refractivity contribution in [3.63, 3.8) is 0 Å². The van der Waals surface area contributed by atoms with Crippen molar-refractivity contribution in [2.24, 2.45) is 0 Å². The molecule has 7 heteroatoms. The second-order valence-electron chi connectivity index (χ2n) is 3.79. The number of benzene rings is 1. The van der Waals surface area contributed by atoms with Crippen LogP contribution in [0.1, 0.15) is 13.8 Å². The number of ether oxygens (including phenoxy) is 1. The van der Waals surface area contributed by atoms with Crippen molar-refractivity contribution in [2.45, 2.75) is 20.0 Å². The lowest BCUT2D eigenvalue weighted by atomic mass is 10.3. The zero-order valence-corrected chi connectivity index (χ0v) is 10.7. The van der Waals surface area contributed by atoms with E-state index < -0.39 is 23.9 Å². The van der Waals surface area contributed by atoms with E-state index in [4.69, 9.17) is 10.5 Å². The summed E-state index contributed by atoms with van der Waals surface area (Å²) in [6, 6.07) is 3.24. The van der Waals surface area contributed by atoms with Crippen LogP contribution in [-0.4, -0.2) is 24.6 Å². The molecule has 4 N–H and O–H groups in total. The van der Waals surface area contributed by atoms with E-state index in [9.17, 15) is 14.0 Å². The summed E-state index contributed by atoms with van der Waals surface area (Å²) in [6.45, 7) is 3.57. The highest BCUT2D eigenvalue weighted by Crippen LogP contribution is 2.18. The molecule has 1 unspecified atom stereocenters. The molecule has 0 heterocycles. The molecule has 0 bridgehead atoms. The normalized spacial score (nSPS) is 11.5. The van der Waals surface area contributed by atoms with Crippen LogP contribution in [0.3, 0.4) is 0 Å². The summed E-state index contributed by atoms with van der Waals surface area (Å²) in [4.78, 5) is 22.7. The summed E-state index contributed by atoms with van der Waals surface area (Å²) in [5.41, 5.74) is 5.31. The number of imide groups is 1. The highest BCUT2D eigenvalue weighted by atomic mass is 19.1. The second-order valence-corrected chi connectivity index (χ2v) is 3.79. The van der Waals surface area contributed by atoms with Crippen LogP contribution in [0.2, 0.25) is 0 Å². The van der Waals surface area contributed by atoms with Crippen LogP contribution in [0.15, 0.2) is 18.2 Å². The van der Waals surface area contributed by atoms with Crippen molar-refractivity contribution in [3.8, 4) is 5.75 Å². The molecule has 0 aromatic heterocycles. The van der Waals surface area contributed by atoms with Gasteiger partial charge in [0.2, 0.25) is 0 Å². The number of halogens is 1. The number of hydrogen-bond acceptors (Lipinski definition) is 4. The summed E-state index contributed by atoms with van der Waals surface area (Å²) in [7, 11) is 0. The molecule has 6 nitrogen and oxygen atoms in total. The quantitative estimate of drug-likeness (QED) is 0.711. The maximum atomic E-state index is 13.2. The lowest BCUT2D eigenvalue weighted by Gasteiger charge is -2.14. The lowest BCUT2D eigenvalue weighted by Crippen LogP contribution is -2.45. The minimum Gasteiger partial charge on any atom is -0.481 e. The first-order valence-electron chi connectivity index (χ1n) is 5.74. The van der Waals surface area contributed by atoms with Gasteiger partial charge in [-0.3, -0.25) is 10.1 Å². The molecule has 3 amide bonds. The van der Waals surface area contributed by atoms with Crippen molar-refractivity contribution in [1.82, 2.24) is 10.6 Å². The molecule has 0 saturated heterocycles. The van der Waals surface area contributed by atoms with Gasteiger partial charge in [-0.1, -0.05) is 0 Å². The first-order chi connectivity index (χ1) is 8.93. The lowest BCUT2D eigenvalue weighted by molar-refractivity contribution is -0.126. The Morgan fingerprint density at radius 2 is 2.16 bits per heavy atom. The van der Waals surface area contributed by atoms with Crippen LogP contribution in [0.5, 0.6) is 5.75 Å². The Balaban J connectivity index is 2.58. The minimum absolute atomic E-state index is 0.00761. The van der Waals surface area contributed by atoms with Crippen LogP contribution < -0.4 is 21.1 Å². The van der Waals surface area contributed by atoms with Gasteiger partial charge in [0.1, 0.15) is 11.6 Å². The number of rotatable bonds is 4. The molecule has 0 aliphatic rings. The van der Waals surface area contributed by atoms with E-state index in [0.717, 1.165) is 6.07 Å². The van der Waals surface area contributed by atoms with Crippen LogP contribution in [-0.2, 0) is 4.79 Å². The van der Waals surface area contributed by atoms with E-state index in [2.05, 4.69) is 10.6 Å². The monoisotopic (exact) mass is 269 g/mol. The number of carbonyl (C=O) groups excluding carboxylic acids is 2. The first kappa shape index (κ1) is 14.7. The molecule has 1 aromatic rings. The third-order valence-corrected chi connectivity index (χ3v) is 2.23. The number of urea groups is 1. The van der Waals surface area contributed by atoms with E-state index in [1.807, 2.05) is 0 Å². The molecule has 1 atom stereocenters. The highest BCUT2D eigenvalue weighted by molar-refractivity contribution is 5.96. The Kier molecular flexibility index (Phi) is 5.11. The van der Waals surface area contributed by atoms with Crippen LogP contribution >= 0.6 is 0 Å². The Labute approximate surface area is 110 Å². The molecular weight excluding hydrogens is 253 g/mol. The predicted octanol–water partition coefficient (Wildman–Crippen LogP) is 1.02. The number of anilines is 1. The second kappa shape index (κ2) is 6.58. The predicted molar refractivity (Wildman–Crippen MR) is 68.1 cm³/mol. The maximum absolute atomic E-state index is 13.2. The molecule has 19 heavy (non-hydrogen) atoms. The molecule has 0 spiro atoms. The molecule has 0 saturated carbocycles. The van der Waals surface area contributed by atoms with Crippen molar-refractivity contribution in [2.75, 3.05) is 12.3 Å². The fourth-order valence-corrected chi connectivity index (χ4v) is 1.26. The van der Waals surface area contributed by atoms with Crippen molar-refractivity contribution < 1.29 is 18.7 Å². The van der Waals surface area contributed by atoms with Gasteiger partial charge in [-0.2, -0.15) is 0 Å². The van der Waals surface area contributed by atoms with E-state index in [-0.39, 0.29) is 11.4 Å². The number of nitrogen functional groups attached to an aromatic ring is 1. The number of nitrogens with two attached hydrogens (primary N) is 1. The van der Waals surface area contributed by atoms with Gasteiger partial charge >= 0.3 is 6.03 Å². The van der Waals surface area contributed by atoms with E-state index in [0.29, 0.717) is 6.54 Å². The van der Waals surface area contributed by atoms with Crippen molar-refractivity contribution in [3.05, 3.63) is 24.0 Å². The Bertz CT molecular complexity index is 479. The Hall–Kier alpha value is -2.31. The summed E-state index contributed by atoms with van der Waals surface area (Å²) in [5.74, 6) is -1.10. The summed E-state index contributed by atoms with van der Waals surface area (Å²) in [5, 5.41) is 4.50. The zero-order chi connectivity index (χ0) is 14.4. The molecule has 104 valence electrons. The van der Waals surface area contributed by atoms with E-state index >= 15 is 0 Å². The Morgan fingerprint density at radius 3 is 2.74 bits per heavy atom. The topological polar surface area (TPSA) is 93.5 Å². The zero-order valence-electron chi connectivity index (χ0n) is 10.7. The van der Waals surface area contributed by atoms with Gasteiger partial charge in [0, 0.05) is 12.6 Å². The molecule has 0 aliphatic carbocycles. The van der Waals surface area contributed by atoms with Crippen molar-refractivity contribution >= 4 is 17.6 Å². The van der Waals surface area contributed by atoms with E-state index in [1.165, 1.54) is 19.1 Å². The molecule has 1 rings (SSSR count). The first-order valence-corrected chi connectivity index (χ1v) is 5.74. The smallest absolute Gasteiger partial charge is 0.321 e. The van der Waals surface area contributed by atoms with Gasteiger partial charge in [0.05, 0.1) is 5.69 Å². The van der Waals surface area contributed by atoms with Gasteiger partial charge < -0.3 is 15.8 Å². The van der Waals surface area contributed by atoms with Crippen LogP contribution in [0, 0.1) is 5.82 Å². The fraction of sp³-hybridized carbons (Fsp3) is 0.333. The van der Waals surface area contributed by atoms with Gasteiger partial charge in [-0.05, 0) is 26.0 Å². The average molecular weight is 269 g/mol. The number of amides is 3. The van der Waals surface area contributed by atoms with Gasteiger partial charge in [0.25, 0.3) is 5.91 Å². The third-order valence-electron chi connectivity index (χ3n) is 2.23. The van der Waals surface area contributed by atoms with Crippen LogP contribution in [0.25, 0.3) is 0 Å². The minimum atomic E-state index is -0.939. The third kappa shape index (κ3) is 4.46. The molecule has 0 aliphatic heterocycles. The van der Waals surface area contributed by atoms with Gasteiger partial charge in [-0.25, -0.2) is 9.18 Å². The van der Waals surface area contributed by atoms with Crippen molar-refractivity contribution in [1.29, 1.82) is 0 Å². The molecule has 1 aromatic carbocycles. The summed E-state index contributed by atoms with van der Waals surface area (Å²) >= 11 is 0. The fourth-order valence-electron chi connectivity index (χ4n) is 1.26. The number of carbonyl (C=O) groups is 2. The summed E-state index contributed by atoms with van der Waals surface area (Å²) < 4.78 is 18.4. The molecule has 0 fully saturated rings. The van der Waals surface area contributed by atoms with Gasteiger partial charge in [-0.15, -0.1) is 0 Å². The highest BCUT2D eigenvalue weighted by Gasteiger charge is 2.17. The van der Waals surface area contributed by atoms with E-state index in [1.54, 1.807) is 6.92 Å². The van der Waals surface area contributed by atoms with Gasteiger partial charge in [0.15, 0.2) is 6.10 Å². The Morgan fingerprint density at radius 1 is 1.47 bits per heavy atom. The number of hydrogen-bond donors (Lipinski definition) is 3. The van der Waals surface area contributed by atoms with Crippen LogP contribution in [0.4, 0.5) is 14.9 Å². The molecular formula is C12H16FN3O3.